The van der Waals surface area contributed by atoms with Crippen molar-refractivity contribution in [2.24, 2.45) is 0 Å². The monoisotopic (exact) mass is 321 g/mol. The molecule has 0 amide bonds. The number of benzene rings is 1. The summed E-state index contributed by atoms with van der Waals surface area (Å²) in [5.74, 6) is 0.984. The van der Waals surface area contributed by atoms with Crippen molar-refractivity contribution in [3.8, 4) is 0 Å². The van der Waals surface area contributed by atoms with Gasteiger partial charge in [0, 0.05) is 35.8 Å². The van der Waals surface area contributed by atoms with Crippen LogP contribution in [0.25, 0.3) is 0 Å². The third-order valence-corrected chi connectivity index (χ3v) is 4.57. The zero-order valence-electron chi connectivity index (χ0n) is 12.8. The Labute approximate surface area is 135 Å². The molecule has 2 aromatic rings. The maximum Gasteiger partial charge on any atom is 0.127 e. The molecule has 1 N–H and O–H groups in total. The molecule has 0 spiro atoms. The molecule has 1 aromatic carbocycles. The van der Waals surface area contributed by atoms with E-state index in [9.17, 15) is 4.39 Å². The molecule has 3 nitrogen and oxygen atoms in total. The summed E-state index contributed by atoms with van der Waals surface area (Å²) < 4.78 is 15.9. The quantitative estimate of drug-likeness (QED) is 0.854. The molecule has 0 saturated heterocycles. The lowest BCUT2D eigenvalue weighted by atomic mass is 10.1. The van der Waals surface area contributed by atoms with Crippen molar-refractivity contribution < 1.29 is 4.39 Å². The lowest BCUT2D eigenvalue weighted by Crippen LogP contribution is -2.37. The van der Waals surface area contributed by atoms with Gasteiger partial charge in [0.25, 0.3) is 0 Å². The average Bonchev–Trinajstić information content (AvgIpc) is 2.85. The van der Waals surface area contributed by atoms with Crippen molar-refractivity contribution >= 4 is 11.6 Å². The zero-order chi connectivity index (χ0) is 15.5. The van der Waals surface area contributed by atoms with Crippen molar-refractivity contribution in [1.82, 2.24) is 14.9 Å². The highest BCUT2D eigenvalue weighted by molar-refractivity contribution is 6.31. The fourth-order valence-electron chi connectivity index (χ4n) is 3.10. The van der Waals surface area contributed by atoms with Crippen molar-refractivity contribution in [2.45, 2.75) is 45.2 Å². The van der Waals surface area contributed by atoms with E-state index in [0.717, 1.165) is 38.0 Å². The van der Waals surface area contributed by atoms with Gasteiger partial charge in [-0.25, -0.2) is 9.37 Å². The minimum Gasteiger partial charge on any atom is -0.333 e. The maximum absolute atomic E-state index is 13.7. The third kappa shape index (κ3) is 3.50. The number of aromatic nitrogens is 2. The van der Waals surface area contributed by atoms with Gasteiger partial charge in [-0.2, -0.15) is 0 Å². The number of fused-ring (bicyclic) bond motifs is 1. The van der Waals surface area contributed by atoms with E-state index in [0.29, 0.717) is 23.0 Å². The van der Waals surface area contributed by atoms with Crippen LogP contribution in [0.1, 0.15) is 29.9 Å². The van der Waals surface area contributed by atoms with Crippen LogP contribution in [0, 0.1) is 12.7 Å². The molecule has 22 heavy (non-hydrogen) atoms. The van der Waals surface area contributed by atoms with E-state index in [2.05, 4.69) is 21.1 Å². The highest BCUT2D eigenvalue weighted by Crippen LogP contribution is 2.20. The Hall–Kier alpha value is -1.39. The molecule has 0 bridgehead atoms. The van der Waals surface area contributed by atoms with Crippen molar-refractivity contribution in [1.29, 1.82) is 0 Å². The highest BCUT2D eigenvalue weighted by Gasteiger charge is 2.19. The number of hydrogen-bond donors (Lipinski definition) is 1. The van der Waals surface area contributed by atoms with Gasteiger partial charge in [-0.15, -0.1) is 0 Å². The zero-order valence-corrected chi connectivity index (χ0v) is 13.5. The summed E-state index contributed by atoms with van der Waals surface area (Å²) >= 11 is 6.04. The van der Waals surface area contributed by atoms with E-state index in [1.165, 1.54) is 11.9 Å². The van der Waals surface area contributed by atoms with Gasteiger partial charge < -0.3 is 9.88 Å². The van der Waals surface area contributed by atoms with Crippen LogP contribution in [0.4, 0.5) is 4.39 Å². The van der Waals surface area contributed by atoms with E-state index < -0.39 is 0 Å². The Balaban J connectivity index is 1.46. The molecule has 5 heteroatoms. The van der Waals surface area contributed by atoms with E-state index in [4.69, 9.17) is 11.6 Å². The fourth-order valence-corrected chi connectivity index (χ4v) is 3.35. The van der Waals surface area contributed by atoms with E-state index in [-0.39, 0.29) is 5.82 Å². The summed E-state index contributed by atoms with van der Waals surface area (Å²) in [5.41, 5.74) is 1.71. The summed E-state index contributed by atoms with van der Waals surface area (Å²) in [6.45, 7) is 3.88. The van der Waals surface area contributed by atoms with Crippen molar-refractivity contribution in [3.63, 3.8) is 0 Å². The first-order valence-corrected chi connectivity index (χ1v) is 8.20. The number of aryl methyl sites for hydroxylation is 2. The van der Waals surface area contributed by atoms with Crippen LogP contribution < -0.4 is 5.32 Å². The summed E-state index contributed by atoms with van der Waals surface area (Å²) in [4.78, 5) is 4.52. The van der Waals surface area contributed by atoms with E-state index >= 15 is 0 Å². The lowest BCUT2D eigenvalue weighted by Gasteiger charge is -2.24. The molecule has 1 aromatic heterocycles. The summed E-state index contributed by atoms with van der Waals surface area (Å²) in [6, 6.07) is 5.33. The second-order valence-electron chi connectivity index (χ2n) is 5.94. The first-order chi connectivity index (χ1) is 10.6. The van der Waals surface area contributed by atoms with Crippen LogP contribution in [0.15, 0.2) is 24.4 Å². The van der Waals surface area contributed by atoms with Gasteiger partial charge in [0.2, 0.25) is 0 Å². The Bertz CT molecular complexity index is 633. The molecule has 2 heterocycles. The molecular weight excluding hydrogens is 301 g/mol. The second kappa shape index (κ2) is 6.80. The van der Waals surface area contributed by atoms with Crippen LogP contribution in [0.5, 0.6) is 0 Å². The van der Waals surface area contributed by atoms with E-state index in [1.54, 1.807) is 12.1 Å². The largest absolute Gasteiger partial charge is 0.333 e. The van der Waals surface area contributed by atoms with Gasteiger partial charge in [-0.3, -0.25) is 0 Å². The van der Waals surface area contributed by atoms with Gasteiger partial charge in [0.15, 0.2) is 0 Å². The van der Waals surface area contributed by atoms with Gasteiger partial charge >= 0.3 is 0 Å². The molecule has 0 fully saturated rings. The standard InChI is InChI=1S/C17H21ClFN3/c1-12-10-22-11-13(7-8-17(22)21-12)20-9-3-4-14-15(18)5-2-6-16(14)19/h2,5-6,10,13,20H,3-4,7-9,11H2,1H3/t13-/m0/s1. The van der Waals surface area contributed by atoms with Crippen LogP contribution in [0.3, 0.4) is 0 Å². The fraction of sp³-hybridized carbons (Fsp3) is 0.471. The first-order valence-electron chi connectivity index (χ1n) is 7.82. The first kappa shape index (κ1) is 15.5. The molecule has 0 unspecified atom stereocenters. The van der Waals surface area contributed by atoms with Crippen LogP contribution in [-0.2, 0) is 19.4 Å². The van der Waals surface area contributed by atoms with Crippen LogP contribution >= 0.6 is 11.6 Å². The smallest absolute Gasteiger partial charge is 0.127 e. The van der Waals surface area contributed by atoms with Crippen LogP contribution in [-0.4, -0.2) is 22.1 Å². The highest BCUT2D eigenvalue weighted by atomic mass is 35.5. The van der Waals surface area contributed by atoms with Crippen molar-refractivity contribution in [2.75, 3.05) is 6.54 Å². The Morgan fingerprint density at radius 1 is 1.45 bits per heavy atom. The van der Waals surface area contributed by atoms with Crippen molar-refractivity contribution in [3.05, 3.63) is 52.3 Å². The SMILES string of the molecule is Cc1cn2c(n1)CC[C@H](NCCCc1c(F)cccc1Cl)C2. The molecule has 0 radical (unpaired) electrons. The Morgan fingerprint density at radius 2 is 2.32 bits per heavy atom. The predicted molar refractivity (Wildman–Crippen MR) is 86.8 cm³/mol. The molecular formula is C17H21ClFN3. The number of halogens is 2. The summed E-state index contributed by atoms with van der Waals surface area (Å²) in [7, 11) is 0. The summed E-state index contributed by atoms with van der Waals surface area (Å²) in [5, 5.41) is 4.09. The Kier molecular flexibility index (Phi) is 4.79. The maximum atomic E-state index is 13.7. The number of rotatable bonds is 5. The number of imidazole rings is 1. The molecule has 0 aliphatic carbocycles. The van der Waals surface area contributed by atoms with Gasteiger partial charge in [0.05, 0.1) is 5.69 Å². The van der Waals surface area contributed by atoms with E-state index in [1.807, 2.05) is 6.92 Å². The molecule has 1 atom stereocenters. The minimum atomic E-state index is -0.205. The van der Waals surface area contributed by atoms with Gasteiger partial charge in [0.1, 0.15) is 11.6 Å². The van der Waals surface area contributed by atoms with Crippen LogP contribution in [0.2, 0.25) is 5.02 Å². The average molecular weight is 322 g/mol. The minimum absolute atomic E-state index is 0.205. The third-order valence-electron chi connectivity index (χ3n) is 4.21. The normalized spacial score (nSPS) is 17.5. The molecule has 1 aliphatic rings. The molecule has 1 aliphatic heterocycles. The second-order valence-corrected chi connectivity index (χ2v) is 6.35. The predicted octanol–water partition coefficient (Wildman–Crippen LogP) is 3.52. The van der Waals surface area contributed by atoms with Gasteiger partial charge in [-0.1, -0.05) is 17.7 Å². The lowest BCUT2D eigenvalue weighted by molar-refractivity contribution is 0.378. The molecule has 3 rings (SSSR count). The Morgan fingerprint density at radius 3 is 3.14 bits per heavy atom. The number of nitrogens with zero attached hydrogens (tertiary/aromatic N) is 2. The number of hydrogen-bond acceptors (Lipinski definition) is 2. The molecule has 0 saturated carbocycles. The molecule has 118 valence electrons. The number of nitrogens with one attached hydrogen (secondary N) is 1. The van der Waals surface area contributed by atoms with Gasteiger partial charge in [-0.05, 0) is 44.9 Å². The summed E-state index contributed by atoms with van der Waals surface area (Å²) in [6.07, 6.45) is 5.79. The topological polar surface area (TPSA) is 29.9 Å².